The van der Waals surface area contributed by atoms with Gasteiger partial charge in [-0.3, -0.25) is 0 Å². The van der Waals surface area contributed by atoms with Crippen molar-refractivity contribution < 1.29 is 9.53 Å². The van der Waals surface area contributed by atoms with Crippen molar-refractivity contribution in [1.82, 2.24) is 0 Å². The lowest BCUT2D eigenvalue weighted by Gasteiger charge is -2.01. The smallest absolute Gasteiger partial charge is 0.408 e. The molecule has 0 bridgehead atoms. The van der Waals surface area contributed by atoms with E-state index in [9.17, 15) is 4.79 Å². The third kappa shape index (κ3) is 3.42. The number of carbonyl (C=O) groups is 1. The zero-order valence-corrected chi connectivity index (χ0v) is 7.06. The Morgan fingerprint density at radius 2 is 2.27 bits per heavy atom. The number of carbonyl (C=O) groups excluding carboxylic acids is 1. The fourth-order valence-corrected chi connectivity index (χ4v) is 1.28. The Balaban J connectivity index is 2.40. The monoisotopic (exact) mass is 174 g/mol. The molecule has 1 aliphatic carbocycles. The molecule has 2 nitrogen and oxygen atoms in total. The van der Waals surface area contributed by atoms with Gasteiger partial charge in [-0.15, -0.1) is 0 Å². The number of hydrogen-bond donors (Lipinski definition) is 0. The number of allylic oxidation sites excluding steroid dienone is 2. The fourth-order valence-electron chi connectivity index (χ4n) is 1.18. The van der Waals surface area contributed by atoms with Crippen molar-refractivity contribution in [3.8, 4) is 0 Å². The molecular formula is C8H11ClO2. The Kier molecular flexibility index (Phi) is 3.43. The summed E-state index contributed by atoms with van der Waals surface area (Å²) in [5, 5.41) is 0. The van der Waals surface area contributed by atoms with Gasteiger partial charge in [-0.2, -0.15) is 0 Å². The van der Waals surface area contributed by atoms with Gasteiger partial charge in [0, 0.05) is 18.0 Å². The van der Waals surface area contributed by atoms with E-state index in [0.717, 1.165) is 25.0 Å². The number of rotatable bonds is 1. The van der Waals surface area contributed by atoms with Crippen molar-refractivity contribution in [1.29, 1.82) is 0 Å². The van der Waals surface area contributed by atoms with Crippen LogP contribution in [0.15, 0.2) is 11.8 Å². The standard InChI is InChI=1S/C8H11ClO2/c9-8(10)11-7-5-3-1-2-4-6-7/h5H,1-4,6H2. The number of halogens is 1. The van der Waals surface area contributed by atoms with Crippen LogP contribution in [-0.2, 0) is 4.74 Å². The second-order valence-electron chi connectivity index (χ2n) is 2.61. The highest BCUT2D eigenvalue weighted by molar-refractivity contribution is 6.61. The maximum atomic E-state index is 10.3. The normalized spacial score (nSPS) is 18.5. The predicted molar refractivity (Wildman–Crippen MR) is 43.5 cm³/mol. The van der Waals surface area contributed by atoms with E-state index in [1.807, 2.05) is 6.08 Å². The van der Waals surface area contributed by atoms with E-state index in [0.29, 0.717) is 0 Å². The molecule has 62 valence electrons. The summed E-state index contributed by atoms with van der Waals surface area (Å²) in [5.74, 6) is 0.738. The van der Waals surface area contributed by atoms with E-state index in [-0.39, 0.29) is 0 Å². The van der Waals surface area contributed by atoms with Gasteiger partial charge in [0.05, 0.1) is 0 Å². The largest absolute Gasteiger partial charge is 0.419 e. The van der Waals surface area contributed by atoms with Crippen LogP contribution < -0.4 is 0 Å². The van der Waals surface area contributed by atoms with Crippen LogP contribution in [0.4, 0.5) is 4.79 Å². The Morgan fingerprint density at radius 3 is 3.00 bits per heavy atom. The molecule has 0 aromatic rings. The highest BCUT2D eigenvalue weighted by Crippen LogP contribution is 2.18. The van der Waals surface area contributed by atoms with Gasteiger partial charge in [-0.05, 0) is 25.3 Å². The molecule has 0 amide bonds. The summed E-state index contributed by atoms with van der Waals surface area (Å²) in [6, 6.07) is 0. The first kappa shape index (κ1) is 8.60. The Bertz CT molecular complexity index is 175. The van der Waals surface area contributed by atoms with Crippen LogP contribution >= 0.6 is 11.6 Å². The topological polar surface area (TPSA) is 26.3 Å². The maximum absolute atomic E-state index is 10.3. The predicted octanol–water partition coefficient (Wildman–Crippen LogP) is 3.21. The van der Waals surface area contributed by atoms with E-state index in [4.69, 9.17) is 16.3 Å². The fraction of sp³-hybridized carbons (Fsp3) is 0.625. The summed E-state index contributed by atoms with van der Waals surface area (Å²) >= 11 is 5.06. The molecule has 0 heterocycles. The van der Waals surface area contributed by atoms with E-state index in [1.165, 1.54) is 12.8 Å². The molecular weight excluding hydrogens is 164 g/mol. The molecule has 0 unspecified atom stereocenters. The second kappa shape index (κ2) is 4.39. The van der Waals surface area contributed by atoms with Gasteiger partial charge in [0.25, 0.3) is 0 Å². The lowest BCUT2D eigenvalue weighted by atomic mass is 10.2. The Hall–Kier alpha value is -0.500. The lowest BCUT2D eigenvalue weighted by Crippen LogP contribution is -1.93. The summed E-state index contributed by atoms with van der Waals surface area (Å²) in [6.07, 6.45) is 7.28. The van der Waals surface area contributed by atoms with Crippen molar-refractivity contribution in [3.05, 3.63) is 11.8 Å². The molecule has 0 saturated carbocycles. The lowest BCUT2D eigenvalue weighted by molar-refractivity contribution is 0.199. The summed E-state index contributed by atoms with van der Waals surface area (Å²) in [5.41, 5.74) is -0.724. The number of ether oxygens (including phenoxy) is 1. The summed E-state index contributed by atoms with van der Waals surface area (Å²) < 4.78 is 4.76. The van der Waals surface area contributed by atoms with E-state index in [2.05, 4.69) is 0 Å². The summed E-state index contributed by atoms with van der Waals surface area (Å²) in [4.78, 5) is 10.3. The Labute approximate surface area is 71.2 Å². The molecule has 1 aliphatic rings. The molecule has 0 saturated heterocycles. The minimum atomic E-state index is -0.724. The molecule has 0 aromatic heterocycles. The quantitative estimate of drug-likeness (QED) is 0.571. The highest BCUT2D eigenvalue weighted by Gasteiger charge is 2.06. The molecule has 0 aliphatic heterocycles. The summed E-state index contributed by atoms with van der Waals surface area (Å²) in [7, 11) is 0. The molecule has 3 heteroatoms. The minimum Gasteiger partial charge on any atom is -0.419 e. The van der Waals surface area contributed by atoms with Gasteiger partial charge in [0.2, 0.25) is 0 Å². The molecule has 0 fully saturated rings. The van der Waals surface area contributed by atoms with E-state index in [1.54, 1.807) is 0 Å². The van der Waals surface area contributed by atoms with Crippen molar-refractivity contribution in [2.24, 2.45) is 0 Å². The summed E-state index contributed by atoms with van der Waals surface area (Å²) in [6.45, 7) is 0. The van der Waals surface area contributed by atoms with Crippen LogP contribution in [0.5, 0.6) is 0 Å². The number of hydrogen-bond acceptors (Lipinski definition) is 2. The molecule has 0 atom stereocenters. The minimum absolute atomic E-state index is 0.724. The van der Waals surface area contributed by atoms with Gasteiger partial charge in [0.15, 0.2) is 0 Å². The van der Waals surface area contributed by atoms with Gasteiger partial charge < -0.3 is 4.74 Å². The molecule has 0 spiro atoms. The average Bonchev–Trinajstić information content (AvgIpc) is 2.14. The third-order valence-electron chi connectivity index (χ3n) is 1.71. The zero-order chi connectivity index (χ0) is 8.10. The molecule has 0 radical (unpaired) electrons. The first-order chi connectivity index (χ1) is 5.29. The van der Waals surface area contributed by atoms with Crippen LogP contribution in [0.1, 0.15) is 32.1 Å². The highest BCUT2D eigenvalue weighted by atomic mass is 35.5. The SMILES string of the molecule is O=C(Cl)OC1=CCCCCC1. The van der Waals surface area contributed by atoms with E-state index < -0.39 is 5.43 Å². The molecule has 1 rings (SSSR count). The van der Waals surface area contributed by atoms with Gasteiger partial charge >= 0.3 is 5.43 Å². The van der Waals surface area contributed by atoms with Crippen molar-refractivity contribution in [2.75, 3.05) is 0 Å². The zero-order valence-electron chi connectivity index (χ0n) is 6.31. The van der Waals surface area contributed by atoms with Crippen molar-refractivity contribution in [2.45, 2.75) is 32.1 Å². The van der Waals surface area contributed by atoms with Gasteiger partial charge in [-0.1, -0.05) is 6.42 Å². The van der Waals surface area contributed by atoms with Crippen LogP contribution in [0.2, 0.25) is 0 Å². The van der Waals surface area contributed by atoms with Crippen LogP contribution in [0.25, 0.3) is 0 Å². The third-order valence-corrected chi connectivity index (χ3v) is 1.79. The van der Waals surface area contributed by atoms with Gasteiger partial charge in [0.1, 0.15) is 5.76 Å². The Morgan fingerprint density at radius 1 is 1.45 bits per heavy atom. The van der Waals surface area contributed by atoms with Crippen LogP contribution in [0, 0.1) is 0 Å². The van der Waals surface area contributed by atoms with Gasteiger partial charge in [-0.25, -0.2) is 4.79 Å². The molecule has 0 N–H and O–H groups in total. The molecule has 11 heavy (non-hydrogen) atoms. The molecule has 0 aromatic carbocycles. The second-order valence-corrected chi connectivity index (χ2v) is 2.92. The van der Waals surface area contributed by atoms with E-state index >= 15 is 0 Å². The maximum Gasteiger partial charge on any atom is 0.408 e. The average molecular weight is 175 g/mol. The first-order valence-corrected chi connectivity index (χ1v) is 4.23. The first-order valence-electron chi connectivity index (χ1n) is 3.85. The van der Waals surface area contributed by atoms with Crippen molar-refractivity contribution >= 4 is 17.0 Å². The van der Waals surface area contributed by atoms with Crippen LogP contribution in [0.3, 0.4) is 0 Å². The van der Waals surface area contributed by atoms with Crippen molar-refractivity contribution in [3.63, 3.8) is 0 Å². The van der Waals surface area contributed by atoms with Crippen LogP contribution in [-0.4, -0.2) is 5.43 Å².